The van der Waals surface area contributed by atoms with Crippen LogP contribution in [0, 0.1) is 0 Å². The molecule has 28 heavy (non-hydrogen) atoms. The van der Waals surface area contributed by atoms with Crippen LogP contribution in [0.5, 0.6) is 0 Å². The van der Waals surface area contributed by atoms with Crippen LogP contribution in [-0.2, 0) is 0 Å². The lowest BCUT2D eigenvalue weighted by molar-refractivity contribution is 0.0951. The van der Waals surface area contributed by atoms with Crippen LogP contribution in [0.3, 0.4) is 0 Å². The summed E-state index contributed by atoms with van der Waals surface area (Å²) in [4.78, 5) is 26.8. The molecule has 1 aliphatic heterocycles. The molecule has 1 saturated carbocycles. The van der Waals surface area contributed by atoms with Crippen LogP contribution >= 0.6 is 11.8 Å². The molecular formula is C22H25N3O2S. The number of rotatable bonds is 5. The third kappa shape index (κ3) is 4.39. The minimum Gasteiger partial charge on any atom is -0.351 e. The molecule has 3 N–H and O–H groups in total. The summed E-state index contributed by atoms with van der Waals surface area (Å²) in [6.45, 7) is 1.38. The average molecular weight is 396 g/mol. The highest BCUT2D eigenvalue weighted by molar-refractivity contribution is 7.99. The summed E-state index contributed by atoms with van der Waals surface area (Å²) in [7, 11) is 0. The molecule has 2 aliphatic rings. The van der Waals surface area contributed by atoms with E-state index in [4.69, 9.17) is 0 Å². The maximum atomic E-state index is 12.5. The van der Waals surface area contributed by atoms with Crippen LogP contribution in [0.15, 0.2) is 52.3 Å². The maximum absolute atomic E-state index is 12.5. The first-order valence-corrected chi connectivity index (χ1v) is 10.8. The zero-order valence-corrected chi connectivity index (χ0v) is 16.6. The molecule has 0 saturated heterocycles. The molecule has 0 spiro atoms. The highest BCUT2D eigenvalue weighted by atomic mass is 32.2. The van der Waals surface area contributed by atoms with Gasteiger partial charge in [-0.3, -0.25) is 9.59 Å². The largest absolute Gasteiger partial charge is 0.351 e. The molecular weight excluding hydrogens is 370 g/mol. The van der Waals surface area contributed by atoms with E-state index in [-0.39, 0.29) is 11.8 Å². The lowest BCUT2D eigenvalue weighted by Gasteiger charge is -2.22. The number of carbonyl (C=O) groups is 2. The van der Waals surface area contributed by atoms with Gasteiger partial charge in [0.2, 0.25) is 0 Å². The van der Waals surface area contributed by atoms with Crippen LogP contribution in [0.2, 0.25) is 0 Å². The SMILES string of the molecule is O=C(NCCNC1CCCCC1)c1ccc2c(c1)NC(=O)c1ccccc1S2. The van der Waals surface area contributed by atoms with Crippen molar-refractivity contribution in [3.05, 3.63) is 53.6 Å². The smallest absolute Gasteiger partial charge is 0.256 e. The van der Waals surface area contributed by atoms with Gasteiger partial charge in [-0.1, -0.05) is 43.2 Å². The van der Waals surface area contributed by atoms with E-state index in [0.717, 1.165) is 16.3 Å². The van der Waals surface area contributed by atoms with Crippen molar-refractivity contribution in [3.8, 4) is 0 Å². The van der Waals surface area contributed by atoms with Crippen molar-refractivity contribution in [3.63, 3.8) is 0 Å². The Morgan fingerprint density at radius 1 is 1.04 bits per heavy atom. The second-order valence-corrected chi connectivity index (χ2v) is 8.39. The average Bonchev–Trinajstić information content (AvgIpc) is 2.87. The molecule has 2 aromatic rings. The Morgan fingerprint density at radius 2 is 1.86 bits per heavy atom. The molecule has 1 aliphatic carbocycles. The van der Waals surface area contributed by atoms with E-state index in [1.54, 1.807) is 6.07 Å². The summed E-state index contributed by atoms with van der Waals surface area (Å²) < 4.78 is 0. The van der Waals surface area contributed by atoms with Crippen molar-refractivity contribution in [2.75, 3.05) is 18.4 Å². The fourth-order valence-electron chi connectivity index (χ4n) is 3.77. The Hall–Kier alpha value is -2.31. The van der Waals surface area contributed by atoms with Crippen molar-refractivity contribution in [2.45, 2.75) is 47.9 Å². The number of anilines is 1. The van der Waals surface area contributed by atoms with Crippen molar-refractivity contribution >= 4 is 29.3 Å². The van der Waals surface area contributed by atoms with Gasteiger partial charge in [0.05, 0.1) is 11.3 Å². The zero-order chi connectivity index (χ0) is 19.3. The quantitative estimate of drug-likeness (QED) is 0.668. The number of fused-ring (bicyclic) bond motifs is 2. The molecule has 0 radical (unpaired) electrons. The molecule has 146 valence electrons. The zero-order valence-electron chi connectivity index (χ0n) is 15.8. The highest BCUT2D eigenvalue weighted by Crippen LogP contribution is 2.38. The van der Waals surface area contributed by atoms with Gasteiger partial charge in [0, 0.05) is 34.5 Å². The van der Waals surface area contributed by atoms with Gasteiger partial charge in [0.1, 0.15) is 0 Å². The normalized spacial score (nSPS) is 16.5. The number of benzene rings is 2. The molecule has 0 atom stereocenters. The second-order valence-electron chi connectivity index (χ2n) is 7.31. The maximum Gasteiger partial charge on any atom is 0.256 e. The van der Waals surface area contributed by atoms with Gasteiger partial charge in [-0.2, -0.15) is 0 Å². The minimum absolute atomic E-state index is 0.116. The van der Waals surface area contributed by atoms with Gasteiger partial charge in [0.15, 0.2) is 0 Å². The monoisotopic (exact) mass is 395 g/mol. The molecule has 2 amide bonds. The summed E-state index contributed by atoms with van der Waals surface area (Å²) in [6.07, 6.45) is 6.41. The Kier molecular flexibility index (Phi) is 5.98. The summed E-state index contributed by atoms with van der Waals surface area (Å²) in [5.74, 6) is -0.259. The first kappa shape index (κ1) is 19.0. The molecule has 0 bridgehead atoms. The predicted octanol–water partition coefficient (Wildman–Crippen LogP) is 4.06. The van der Waals surface area contributed by atoms with Crippen molar-refractivity contribution in [1.82, 2.24) is 10.6 Å². The van der Waals surface area contributed by atoms with Crippen LogP contribution < -0.4 is 16.0 Å². The topological polar surface area (TPSA) is 70.2 Å². The van der Waals surface area contributed by atoms with E-state index in [1.807, 2.05) is 36.4 Å². The first-order valence-electron chi connectivity index (χ1n) is 9.94. The minimum atomic E-state index is -0.143. The van der Waals surface area contributed by atoms with Gasteiger partial charge in [0.25, 0.3) is 11.8 Å². The fourth-order valence-corrected chi connectivity index (χ4v) is 4.78. The third-order valence-corrected chi connectivity index (χ3v) is 6.44. The van der Waals surface area contributed by atoms with E-state index in [1.165, 1.54) is 43.9 Å². The molecule has 0 unspecified atom stereocenters. The molecule has 0 aromatic heterocycles. The standard InChI is InChI=1S/C22H25N3O2S/c26-21(24-13-12-23-16-6-2-1-3-7-16)15-10-11-20-18(14-15)25-22(27)17-8-4-5-9-19(17)28-20/h4-5,8-11,14,16,23H,1-3,6-7,12-13H2,(H,24,26)(H,25,27). The van der Waals surface area contributed by atoms with Gasteiger partial charge >= 0.3 is 0 Å². The second kappa shape index (κ2) is 8.80. The van der Waals surface area contributed by atoms with Crippen LogP contribution in [0.4, 0.5) is 5.69 Å². The van der Waals surface area contributed by atoms with E-state index >= 15 is 0 Å². The van der Waals surface area contributed by atoms with E-state index in [9.17, 15) is 9.59 Å². The molecule has 1 heterocycles. The number of hydrogen-bond acceptors (Lipinski definition) is 4. The highest BCUT2D eigenvalue weighted by Gasteiger charge is 2.20. The van der Waals surface area contributed by atoms with Gasteiger partial charge in [-0.15, -0.1) is 0 Å². The van der Waals surface area contributed by atoms with Crippen molar-refractivity contribution < 1.29 is 9.59 Å². The van der Waals surface area contributed by atoms with Gasteiger partial charge in [-0.05, 0) is 43.2 Å². The Bertz CT molecular complexity index is 878. The summed E-state index contributed by atoms with van der Waals surface area (Å²) in [6, 6.07) is 13.6. The molecule has 2 aromatic carbocycles. The molecule has 5 nitrogen and oxygen atoms in total. The number of hydrogen-bond donors (Lipinski definition) is 3. The lowest BCUT2D eigenvalue weighted by Crippen LogP contribution is -2.38. The number of amides is 2. The van der Waals surface area contributed by atoms with Crippen LogP contribution in [0.1, 0.15) is 52.8 Å². The summed E-state index contributed by atoms with van der Waals surface area (Å²) >= 11 is 1.54. The Balaban J connectivity index is 1.36. The van der Waals surface area contributed by atoms with Crippen LogP contribution in [0.25, 0.3) is 0 Å². The Labute approximate surface area is 169 Å². The van der Waals surface area contributed by atoms with E-state index < -0.39 is 0 Å². The molecule has 6 heteroatoms. The van der Waals surface area contributed by atoms with Gasteiger partial charge < -0.3 is 16.0 Å². The number of nitrogens with one attached hydrogen (secondary N) is 3. The number of carbonyl (C=O) groups excluding carboxylic acids is 2. The first-order chi connectivity index (χ1) is 13.7. The fraction of sp³-hybridized carbons (Fsp3) is 0.364. The summed E-state index contributed by atoms with van der Waals surface area (Å²) in [5, 5.41) is 9.43. The van der Waals surface area contributed by atoms with E-state index in [0.29, 0.717) is 29.4 Å². The predicted molar refractivity (Wildman–Crippen MR) is 112 cm³/mol. The molecule has 1 fully saturated rings. The van der Waals surface area contributed by atoms with Crippen LogP contribution in [-0.4, -0.2) is 30.9 Å². The lowest BCUT2D eigenvalue weighted by atomic mass is 9.95. The molecule has 4 rings (SSSR count). The van der Waals surface area contributed by atoms with Crippen molar-refractivity contribution in [2.24, 2.45) is 0 Å². The van der Waals surface area contributed by atoms with Crippen molar-refractivity contribution in [1.29, 1.82) is 0 Å². The Morgan fingerprint density at radius 3 is 2.71 bits per heavy atom. The summed E-state index contributed by atoms with van der Waals surface area (Å²) in [5.41, 5.74) is 1.89. The van der Waals surface area contributed by atoms with Gasteiger partial charge in [-0.25, -0.2) is 0 Å². The third-order valence-electron chi connectivity index (χ3n) is 5.29. The van der Waals surface area contributed by atoms with E-state index in [2.05, 4.69) is 16.0 Å².